The summed E-state index contributed by atoms with van der Waals surface area (Å²) in [6.07, 6.45) is 1.72. The first kappa shape index (κ1) is 20.1. The van der Waals surface area contributed by atoms with Gasteiger partial charge in [-0.25, -0.2) is 0 Å². The molecule has 0 aliphatic carbocycles. The van der Waals surface area contributed by atoms with Crippen LogP contribution in [0.25, 0.3) is 21.6 Å². The predicted octanol–water partition coefficient (Wildman–Crippen LogP) is 7.32. The van der Waals surface area contributed by atoms with E-state index in [2.05, 4.69) is 82.9 Å². The lowest BCUT2D eigenvalue weighted by Gasteiger charge is -2.30. The molecule has 4 rings (SSSR count). The van der Waals surface area contributed by atoms with Crippen LogP contribution >= 0.6 is 22.7 Å². The molecule has 1 atom stereocenters. The second kappa shape index (κ2) is 8.66. The van der Waals surface area contributed by atoms with E-state index in [-0.39, 0.29) is 5.92 Å². The van der Waals surface area contributed by atoms with Gasteiger partial charge in [0.15, 0.2) is 0 Å². The van der Waals surface area contributed by atoms with Crippen LogP contribution in [-0.2, 0) is 12.8 Å². The molecule has 4 aromatic rings. The molecule has 0 aliphatic heterocycles. The number of thiophene rings is 2. The van der Waals surface area contributed by atoms with Crippen molar-refractivity contribution in [1.82, 2.24) is 0 Å². The molecule has 2 heterocycles. The van der Waals surface area contributed by atoms with Gasteiger partial charge in [0.05, 0.1) is 5.60 Å². The van der Waals surface area contributed by atoms with Gasteiger partial charge in [-0.1, -0.05) is 54.6 Å². The summed E-state index contributed by atoms with van der Waals surface area (Å²) < 4.78 is 0. The van der Waals surface area contributed by atoms with Gasteiger partial charge in [-0.05, 0) is 88.7 Å². The van der Waals surface area contributed by atoms with E-state index < -0.39 is 5.60 Å². The van der Waals surface area contributed by atoms with Crippen LogP contribution in [0.3, 0.4) is 0 Å². The molecule has 0 radical (unpaired) electrons. The van der Waals surface area contributed by atoms with Crippen molar-refractivity contribution in [2.45, 2.75) is 32.3 Å². The molecule has 2 aromatic carbocycles. The molecule has 0 fully saturated rings. The lowest BCUT2D eigenvalue weighted by Crippen LogP contribution is -2.34. The Balaban J connectivity index is 1.48. The third-order valence-electron chi connectivity index (χ3n) is 5.53. The SMILES string of the molecule is CC(C)(O)C(Cc1ccc(-c2ccsc2)cc1)Cc1ccc(-c2cccs2)cc1. The minimum absolute atomic E-state index is 0.155. The van der Waals surface area contributed by atoms with Gasteiger partial charge in [-0.2, -0.15) is 11.3 Å². The molecule has 1 nitrogen and oxygen atoms in total. The van der Waals surface area contributed by atoms with Crippen molar-refractivity contribution in [1.29, 1.82) is 0 Å². The van der Waals surface area contributed by atoms with E-state index in [4.69, 9.17) is 0 Å². The number of benzene rings is 2. The molecule has 0 spiro atoms. The highest BCUT2D eigenvalue weighted by molar-refractivity contribution is 7.13. The summed E-state index contributed by atoms with van der Waals surface area (Å²) in [4.78, 5) is 1.29. The molecule has 0 aliphatic rings. The van der Waals surface area contributed by atoms with Crippen LogP contribution in [0.15, 0.2) is 82.9 Å². The molecule has 0 amide bonds. The molecule has 0 bridgehead atoms. The summed E-state index contributed by atoms with van der Waals surface area (Å²) in [6, 6.07) is 24.0. The molecule has 148 valence electrons. The summed E-state index contributed by atoms with van der Waals surface area (Å²) in [7, 11) is 0. The Labute approximate surface area is 181 Å². The fourth-order valence-electron chi connectivity index (χ4n) is 3.65. The van der Waals surface area contributed by atoms with Crippen molar-refractivity contribution >= 4 is 22.7 Å². The van der Waals surface area contributed by atoms with Gasteiger partial charge in [0.25, 0.3) is 0 Å². The highest BCUT2D eigenvalue weighted by Crippen LogP contribution is 2.29. The lowest BCUT2D eigenvalue weighted by molar-refractivity contribution is 0.0171. The van der Waals surface area contributed by atoms with Crippen LogP contribution in [0.4, 0.5) is 0 Å². The van der Waals surface area contributed by atoms with Gasteiger partial charge in [-0.15, -0.1) is 11.3 Å². The minimum atomic E-state index is -0.738. The van der Waals surface area contributed by atoms with Gasteiger partial charge in [-0.3, -0.25) is 0 Å². The predicted molar refractivity (Wildman–Crippen MR) is 127 cm³/mol. The number of rotatable bonds is 7. The Morgan fingerprint density at radius 1 is 0.759 bits per heavy atom. The van der Waals surface area contributed by atoms with E-state index in [1.165, 1.54) is 32.7 Å². The van der Waals surface area contributed by atoms with Gasteiger partial charge in [0, 0.05) is 4.88 Å². The summed E-state index contributed by atoms with van der Waals surface area (Å²) in [5, 5.41) is 17.2. The quantitative estimate of drug-likeness (QED) is 0.333. The van der Waals surface area contributed by atoms with E-state index in [0.717, 1.165) is 12.8 Å². The molecule has 2 aromatic heterocycles. The van der Waals surface area contributed by atoms with E-state index in [1.54, 1.807) is 22.7 Å². The third-order valence-corrected chi connectivity index (χ3v) is 7.13. The van der Waals surface area contributed by atoms with Gasteiger partial charge in [0.1, 0.15) is 0 Å². The maximum absolute atomic E-state index is 10.8. The van der Waals surface area contributed by atoms with Crippen molar-refractivity contribution in [3.8, 4) is 21.6 Å². The number of hydrogen-bond donors (Lipinski definition) is 1. The normalized spacial score (nSPS) is 12.8. The maximum atomic E-state index is 10.8. The first-order valence-electron chi connectivity index (χ1n) is 9.96. The van der Waals surface area contributed by atoms with Crippen molar-refractivity contribution < 1.29 is 5.11 Å². The van der Waals surface area contributed by atoms with Gasteiger partial charge >= 0.3 is 0 Å². The zero-order valence-corrected chi connectivity index (χ0v) is 18.5. The van der Waals surface area contributed by atoms with Crippen LogP contribution in [0.5, 0.6) is 0 Å². The lowest BCUT2D eigenvalue weighted by atomic mass is 9.81. The second-order valence-electron chi connectivity index (χ2n) is 8.14. The van der Waals surface area contributed by atoms with Gasteiger partial charge in [0.2, 0.25) is 0 Å². The van der Waals surface area contributed by atoms with Gasteiger partial charge < -0.3 is 5.11 Å². The Morgan fingerprint density at radius 3 is 1.86 bits per heavy atom. The Bertz CT molecular complexity index is 926. The Morgan fingerprint density at radius 2 is 1.38 bits per heavy atom. The maximum Gasteiger partial charge on any atom is 0.0626 e. The smallest absolute Gasteiger partial charge is 0.0626 e. The van der Waals surface area contributed by atoms with Crippen molar-refractivity contribution in [2.24, 2.45) is 5.92 Å². The molecule has 1 N–H and O–H groups in total. The molecule has 0 saturated carbocycles. The minimum Gasteiger partial charge on any atom is -0.390 e. The molecular weight excluding hydrogens is 392 g/mol. The molecule has 3 heteroatoms. The fourth-order valence-corrected chi connectivity index (χ4v) is 5.05. The second-order valence-corrected chi connectivity index (χ2v) is 9.87. The van der Waals surface area contributed by atoms with Crippen LogP contribution < -0.4 is 0 Å². The zero-order valence-electron chi connectivity index (χ0n) is 16.8. The first-order valence-corrected chi connectivity index (χ1v) is 11.8. The summed E-state index contributed by atoms with van der Waals surface area (Å²) in [5.74, 6) is 0.155. The summed E-state index contributed by atoms with van der Waals surface area (Å²) >= 11 is 3.48. The summed E-state index contributed by atoms with van der Waals surface area (Å²) in [6.45, 7) is 3.86. The largest absolute Gasteiger partial charge is 0.390 e. The Kier molecular flexibility index (Phi) is 6.00. The van der Waals surface area contributed by atoms with Crippen molar-refractivity contribution in [2.75, 3.05) is 0 Å². The van der Waals surface area contributed by atoms with E-state index in [9.17, 15) is 5.11 Å². The van der Waals surface area contributed by atoms with Crippen LogP contribution in [0, 0.1) is 5.92 Å². The average Bonchev–Trinajstić information content (AvgIpc) is 3.42. The molecule has 1 unspecified atom stereocenters. The average molecular weight is 419 g/mol. The van der Waals surface area contributed by atoms with Crippen molar-refractivity contribution in [3.63, 3.8) is 0 Å². The van der Waals surface area contributed by atoms with E-state index in [0.29, 0.717) is 0 Å². The summed E-state index contributed by atoms with van der Waals surface area (Å²) in [5.41, 5.74) is 5.58. The standard InChI is InChI=1S/C26H26OS2/c1-26(2,27)24(16-19-5-9-21(10-6-19)23-13-15-28-18-23)17-20-7-11-22(12-8-20)25-4-3-14-29-25/h3-15,18,24,27H,16-17H2,1-2H3. The fraction of sp³-hybridized carbons (Fsp3) is 0.231. The van der Waals surface area contributed by atoms with Crippen molar-refractivity contribution in [3.05, 3.63) is 94.0 Å². The topological polar surface area (TPSA) is 20.2 Å². The molecule has 0 saturated heterocycles. The number of aliphatic hydroxyl groups is 1. The Hall–Kier alpha value is -2.20. The molecule has 29 heavy (non-hydrogen) atoms. The van der Waals surface area contributed by atoms with E-state index >= 15 is 0 Å². The van der Waals surface area contributed by atoms with Crippen LogP contribution in [-0.4, -0.2) is 10.7 Å². The monoisotopic (exact) mass is 418 g/mol. The van der Waals surface area contributed by atoms with Crippen LogP contribution in [0.1, 0.15) is 25.0 Å². The third kappa shape index (κ3) is 5.05. The zero-order chi connectivity index (χ0) is 20.3. The number of hydrogen-bond acceptors (Lipinski definition) is 3. The molecular formula is C26H26OS2. The van der Waals surface area contributed by atoms with E-state index in [1.807, 2.05) is 13.8 Å². The first-order chi connectivity index (χ1) is 14.0. The highest BCUT2D eigenvalue weighted by atomic mass is 32.1. The highest BCUT2D eigenvalue weighted by Gasteiger charge is 2.27. The van der Waals surface area contributed by atoms with Crippen LogP contribution in [0.2, 0.25) is 0 Å².